The molecule has 0 aromatic heterocycles. The molecule has 0 bridgehead atoms. The first kappa shape index (κ1) is 15.5. The van der Waals surface area contributed by atoms with Crippen molar-refractivity contribution < 1.29 is 4.79 Å². The van der Waals surface area contributed by atoms with Gasteiger partial charge in [-0.15, -0.1) is 0 Å². The highest BCUT2D eigenvalue weighted by Gasteiger charge is 2.07. The van der Waals surface area contributed by atoms with Crippen molar-refractivity contribution in [2.75, 3.05) is 24.5 Å². The Bertz CT molecular complexity index is 362. The average Bonchev–Trinajstić information content (AvgIpc) is 2.40. The SMILES string of the molecule is CCN(CCC(=O)NCCC(C)C)c1ccccc1. The topological polar surface area (TPSA) is 32.3 Å². The molecule has 19 heavy (non-hydrogen) atoms. The zero-order chi connectivity index (χ0) is 14.1. The summed E-state index contributed by atoms with van der Waals surface area (Å²) in [6.45, 7) is 8.93. The molecule has 1 aromatic rings. The third-order valence-corrected chi connectivity index (χ3v) is 3.16. The molecule has 3 heteroatoms. The molecule has 0 aliphatic carbocycles. The Morgan fingerprint density at radius 1 is 1.26 bits per heavy atom. The molecule has 1 rings (SSSR count). The van der Waals surface area contributed by atoms with Crippen molar-refractivity contribution in [2.24, 2.45) is 5.92 Å². The fourth-order valence-corrected chi connectivity index (χ4v) is 1.93. The van der Waals surface area contributed by atoms with E-state index >= 15 is 0 Å². The van der Waals surface area contributed by atoms with Crippen LogP contribution in [-0.4, -0.2) is 25.5 Å². The minimum absolute atomic E-state index is 0.148. The molecular formula is C16H26N2O. The minimum Gasteiger partial charge on any atom is -0.371 e. The van der Waals surface area contributed by atoms with E-state index in [1.165, 1.54) is 5.69 Å². The summed E-state index contributed by atoms with van der Waals surface area (Å²) in [7, 11) is 0. The van der Waals surface area contributed by atoms with Crippen LogP contribution in [0.4, 0.5) is 5.69 Å². The number of carbonyl (C=O) groups excluding carboxylic acids is 1. The van der Waals surface area contributed by atoms with Crippen molar-refractivity contribution in [1.82, 2.24) is 5.32 Å². The number of benzene rings is 1. The van der Waals surface area contributed by atoms with Crippen molar-refractivity contribution in [3.05, 3.63) is 30.3 Å². The van der Waals surface area contributed by atoms with E-state index in [2.05, 4.69) is 43.1 Å². The van der Waals surface area contributed by atoms with Gasteiger partial charge in [0.25, 0.3) is 0 Å². The maximum absolute atomic E-state index is 11.7. The van der Waals surface area contributed by atoms with Gasteiger partial charge >= 0.3 is 0 Å². The molecule has 106 valence electrons. The van der Waals surface area contributed by atoms with Gasteiger partial charge in [0.1, 0.15) is 0 Å². The van der Waals surface area contributed by atoms with Crippen LogP contribution in [0, 0.1) is 5.92 Å². The molecule has 0 aliphatic rings. The van der Waals surface area contributed by atoms with Crippen LogP contribution in [0.15, 0.2) is 30.3 Å². The molecule has 0 heterocycles. The molecule has 0 saturated heterocycles. The highest BCUT2D eigenvalue weighted by atomic mass is 16.1. The van der Waals surface area contributed by atoms with Gasteiger partial charge in [-0.1, -0.05) is 32.0 Å². The van der Waals surface area contributed by atoms with Crippen LogP contribution < -0.4 is 10.2 Å². The molecule has 3 nitrogen and oxygen atoms in total. The van der Waals surface area contributed by atoms with Gasteiger partial charge in [0.2, 0.25) is 5.91 Å². The standard InChI is InChI=1S/C16H26N2O/c1-4-18(15-8-6-5-7-9-15)13-11-16(19)17-12-10-14(2)3/h5-9,14H,4,10-13H2,1-3H3,(H,17,19). The number of hydrogen-bond acceptors (Lipinski definition) is 2. The smallest absolute Gasteiger partial charge is 0.221 e. The third kappa shape index (κ3) is 6.27. The van der Waals surface area contributed by atoms with Crippen molar-refractivity contribution in [3.63, 3.8) is 0 Å². The first-order chi connectivity index (χ1) is 9.13. The fourth-order valence-electron chi connectivity index (χ4n) is 1.93. The summed E-state index contributed by atoms with van der Waals surface area (Å²) in [4.78, 5) is 14.0. The number of nitrogens with one attached hydrogen (secondary N) is 1. The van der Waals surface area contributed by atoms with E-state index in [9.17, 15) is 4.79 Å². The van der Waals surface area contributed by atoms with Crippen molar-refractivity contribution in [1.29, 1.82) is 0 Å². The van der Waals surface area contributed by atoms with Gasteiger partial charge in [0, 0.05) is 31.7 Å². The van der Waals surface area contributed by atoms with Crippen LogP contribution in [0.1, 0.15) is 33.6 Å². The number of rotatable bonds is 8. The minimum atomic E-state index is 0.148. The lowest BCUT2D eigenvalue weighted by Crippen LogP contribution is -2.31. The Hall–Kier alpha value is -1.51. The van der Waals surface area contributed by atoms with Gasteiger partial charge < -0.3 is 10.2 Å². The van der Waals surface area contributed by atoms with Crippen LogP contribution in [0.5, 0.6) is 0 Å². The molecular weight excluding hydrogens is 236 g/mol. The molecule has 0 fully saturated rings. The molecule has 1 N–H and O–H groups in total. The monoisotopic (exact) mass is 262 g/mol. The van der Waals surface area contributed by atoms with Gasteiger partial charge in [-0.25, -0.2) is 0 Å². The van der Waals surface area contributed by atoms with E-state index in [1.807, 2.05) is 18.2 Å². The molecule has 1 amide bonds. The second-order valence-electron chi connectivity index (χ2n) is 5.20. The predicted molar refractivity (Wildman–Crippen MR) is 81.4 cm³/mol. The van der Waals surface area contributed by atoms with Crippen molar-refractivity contribution >= 4 is 11.6 Å². The Labute approximate surface area is 117 Å². The summed E-state index contributed by atoms with van der Waals surface area (Å²) >= 11 is 0. The highest BCUT2D eigenvalue weighted by Crippen LogP contribution is 2.12. The molecule has 0 radical (unpaired) electrons. The molecule has 0 unspecified atom stereocenters. The highest BCUT2D eigenvalue weighted by molar-refractivity contribution is 5.76. The number of para-hydroxylation sites is 1. The maximum atomic E-state index is 11.7. The zero-order valence-electron chi connectivity index (χ0n) is 12.4. The fraction of sp³-hybridized carbons (Fsp3) is 0.562. The van der Waals surface area contributed by atoms with E-state index in [-0.39, 0.29) is 5.91 Å². The Morgan fingerprint density at radius 2 is 1.95 bits per heavy atom. The lowest BCUT2D eigenvalue weighted by molar-refractivity contribution is -0.120. The predicted octanol–water partition coefficient (Wildman–Crippen LogP) is 3.07. The van der Waals surface area contributed by atoms with E-state index in [1.54, 1.807) is 0 Å². The first-order valence-corrected chi connectivity index (χ1v) is 7.20. The van der Waals surface area contributed by atoms with Crippen LogP contribution in [0.25, 0.3) is 0 Å². The Balaban J connectivity index is 2.31. The van der Waals surface area contributed by atoms with E-state index in [4.69, 9.17) is 0 Å². The first-order valence-electron chi connectivity index (χ1n) is 7.20. The van der Waals surface area contributed by atoms with Gasteiger partial charge in [-0.3, -0.25) is 4.79 Å². The lowest BCUT2D eigenvalue weighted by atomic mass is 10.1. The number of nitrogens with zero attached hydrogens (tertiary/aromatic N) is 1. The normalized spacial score (nSPS) is 10.5. The van der Waals surface area contributed by atoms with Crippen molar-refractivity contribution in [3.8, 4) is 0 Å². The summed E-state index contributed by atoms with van der Waals surface area (Å²) in [6, 6.07) is 10.2. The molecule has 0 aliphatic heterocycles. The van der Waals surface area contributed by atoms with Crippen molar-refractivity contribution in [2.45, 2.75) is 33.6 Å². The van der Waals surface area contributed by atoms with Gasteiger partial charge in [0.05, 0.1) is 0 Å². The number of hydrogen-bond donors (Lipinski definition) is 1. The summed E-state index contributed by atoms with van der Waals surface area (Å²) in [5, 5.41) is 2.98. The van der Waals surface area contributed by atoms with Crippen LogP contribution in [0.2, 0.25) is 0 Å². The van der Waals surface area contributed by atoms with Gasteiger partial charge in [0.15, 0.2) is 0 Å². The van der Waals surface area contributed by atoms with Crippen LogP contribution in [0.3, 0.4) is 0 Å². The number of amides is 1. The zero-order valence-corrected chi connectivity index (χ0v) is 12.4. The maximum Gasteiger partial charge on any atom is 0.221 e. The van der Waals surface area contributed by atoms with Crippen LogP contribution >= 0.6 is 0 Å². The summed E-state index contributed by atoms with van der Waals surface area (Å²) < 4.78 is 0. The second-order valence-corrected chi connectivity index (χ2v) is 5.20. The average molecular weight is 262 g/mol. The van der Waals surface area contributed by atoms with Gasteiger partial charge in [-0.2, -0.15) is 0 Å². The Kier molecular flexibility index (Phi) is 7.01. The van der Waals surface area contributed by atoms with Crippen LogP contribution in [-0.2, 0) is 4.79 Å². The largest absolute Gasteiger partial charge is 0.371 e. The molecule has 0 atom stereocenters. The summed E-state index contributed by atoms with van der Waals surface area (Å²) in [6.07, 6.45) is 1.60. The molecule has 0 spiro atoms. The summed E-state index contributed by atoms with van der Waals surface area (Å²) in [5.41, 5.74) is 1.18. The Morgan fingerprint density at radius 3 is 2.53 bits per heavy atom. The number of carbonyl (C=O) groups is 1. The van der Waals surface area contributed by atoms with E-state index in [0.717, 1.165) is 26.1 Å². The molecule has 1 aromatic carbocycles. The van der Waals surface area contributed by atoms with Gasteiger partial charge in [-0.05, 0) is 31.4 Å². The van der Waals surface area contributed by atoms with E-state index < -0.39 is 0 Å². The number of anilines is 1. The quantitative estimate of drug-likeness (QED) is 0.781. The molecule has 0 saturated carbocycles. The summed E-state index contributed by atoms with van der Waals surface area (Å²) in [5.74, 6) is 0.784. The lowest BCUT2D eigenvalue weighted by Gasteiger charge is -2.22. The third-order valence-electron chi connectivity index (χ3n) is 3.16. The second kappa shape index (κ2) is 8.57. The van der Waals surface area contributed by atoms with E-state index in [0.29, 0.717) is 12.3 Å².